The molecule has 31 heavy (non-hydrogen) atoms. The van der Waals surface area contributed by atoms with Gasteiger partial charge in [-0.15, -0.1) is 0 Å². The summed E-state index contributed by atoms with van der Waals surface area (Å²) in [5.74, 6) is -1.73. The summed E-state index contributed by atoms with van der Waals surface area (Å²) in [4.78, 5) is 47.1. The van der Waals surface area contributed by atoms with Crippen LogP contribution in [-0.4, -0.2) is 37.5 Å². The normalized spacial score (nSPS) is 10.2. The molecular weight excluding hydrogens is 468 g/mol. The third-order valence-electron chi connectivity index (χ3n) is 4.20. The summed E-state index contributed by atoms with van der Waals surface area (Å²) in [5, 5.41) is 5.35. The van der Waals surface area contributed by atoms with E-state index in [4.69, 9.17) is 4.74 Å². The van der Waals surface area contributed by atoms with Crippen LogP contribution in [0.15, 0.2) is 46.9 Å². The molecule has 2 rings (SSSR count). The summed E-state index contributed by atoms with van der Waals surface area (Å²) in [6, 6.07) is 11.7. The number of hydrogen-bond donors (Lipinski definition) is 2. The van der Waals surface area contributed by atoms with Crippen LogP contribution in [-0.2, 0) is 23.9 Å². The monoisotopic (exact) mass is 490 g/mol. The minimum absolute atomic E-state index is 0.0132. The number of amides is 2. The molecule has 0 aliphatic rings. The number of ether oxygens (including phenoxy) is 2. The first kappa shape index (κ1) is 24.1. The second kappa shape index (κ2) is 11.8. The molecule has 0 saturated carbocycles. The Morgan fingerprint density at radius 2 is 1.65 bits per heavy atom. The fourth-order valence-electron chi connectivity index (χ4n) is 2.60. The molecule has 0 aliphatic heterocycles. The van der Waals surface area contributed by atoms with E-state index >= 15 is 0 Å². The number of hydrogen-bond acceptors (Lipinski definition) is 6. The smallest absolute Gasteiger partial charge is 0.337 e. The molecule has 0 unspecified atom stereocenters. The van der Waals surface area contributed by atoms with E-state index in [0.717, 1.165) is 10.0 Å². The van der Waals surface area contributed by atoms with Crippen molar-refractivity contribution in [3.8, 4) is 0 Å². The lowest BCUT2D eigenvalue weighted by molar-refractivity contribution is -0.147. The van der Waals surface area contributed by atoms with Gasteiger partial charge in [-0.25, -0.2) is 4.79 Å². The van der Waals surface area contributed by atoms with E-state index in [1.54, 1.807) is 36.4 Å². The van der Waals surface area contributed by atoms with Crippen LogP contribution >= 0.6 is 15.9 Å². The van der Waals surface area contributed by atoms with Crippen LogP contribution in [0, 0.1) is 6.92 Å². The fraction of sp³-hybridized carbons (Fsp3) is 0.273. The average molecular weight is 491 g/mol. The van der Waals surface area contributed by atoms with Crippen LogP contribution in [0.4, 0.5) is 11.4 Å². The van der Waals surface area contributed by atoms with Crippen LogP contribution in [0.5, 0.6) is 0 Å². The zero-order valence-corrected chi connectivity index (χ0v) is 18.8. The quantitative estimate of drug-likeness (QED) is 0.516. The third kappa shape index (κ3) is 8.21. The zero-order chi connectivity index (χ0) is 22.8. The van der Waals surface area contributed by atoms with Gasteiger partial charge < -0.3 is 20.1 Å². The van der Waals surface area contributed by atoms with Gasteiger partial charge in [-0.2, -0.15) is 0 Å². The van der Waals surface area contributed by atoms with Gasteiger partial charge in [-0.1, -0.05) is 15.9 Å². The van der Waals surface area contributed by atoms with Crippen LogP contribution in [0.1, 0.15) is 35.2 Å². The Morgan fingerprint density at radius 3 is 2.29 bits per heavy atom. The van der Waals surface area contributed by atoms with E-state index in [9.17, 15) is 19.2 Å². The highest BCUT2D eigenvalue weighted by Crippen LogP contribution is 2.20. The van der Waals surface area contributed by atoms with Crippen molar-refractivity contribution in [3.05, 3.63) is 58.1 Å². The lowest BCUT2D eigenvalue weighted by Gasteiger charge is -2.09. The maximum atomic E-state index is 12.0. The van der Waals surface area contributed by atoms with Crippen LogP contribution in [0.25, 0.3) is 0 Å². The SMILES string of the molecule is COC(=O)c1ccc(NC(=O)CCCC(=O)OCC(=O)Nc2ccc(Br)cc2C)cc1. The molecule has 0 aromatic heterocycles. The van der Waals surface area contributed by atoms with Gasteiger partial charge in [0.05, 0.1) is 12.7 Å². The zero-order valence-electron chi connectivity index (χ0n) is 17.2. The summed E-state index contributed by atoms with van der Waals surface area (Å²) >= 11 is 3.35. The van der Waals surface area contributed by atoms with Gasteiger partial charge in [0.1, 0.15) is 0 Å². The number of carbonyl (C=O) groups is 4. The van der Waals surface area contributed by atoms with E-state index in [-0.39, 0.29) is 25.2 Å². The highest BCUT2D eigenvalue weighted by atomic mass is 79.9. The molecule has 9 heteroatoms. The van der Waals surface area contributed by atoms with Crippen molar-refractivity contribution in [2.24, 2.45) is 0 Å². The molecule has 0 radical (unpaired) electrons. The number of halogens is 1. The van der Waals surface area contributed by atoms with Gasteiger partial charge in [0, 0.05) is 28.7 Å². The Kier molecular flexibility index (Phi) is 9.20. The minimum atomic E-state index is -0.557. The predicted molar refractivity (Wildman–Crippen MR) is 119 cm³/mol. The number of esters is 2. The maximum Gasteiger partial charge on any atom is 0.337 e. The molecule has 0 fully saturated rings. The number of rotatable bonds is 9. The fourth-order valence-corrected chi connectivity index (χ4v) is 3.07. The lowest BCUT2D eigenvalue weighted by Crippen LogP contribution is -2.21. The molecule has 2 aromatic rings. The second-order valence-corrected chi connectivity index (χ2v) is 7.55. The van der Waals surface area contributed by atoms with Crippen LogP contribution in [0.3, 0.4) is 0 Å². The molecule has 8 nitrogen and oxygen atoms in total. The van der Waals surface area contributed by atoms with Crippen molar-refractivity contribution in [1.82, 2.24) is 0 Å². The first-order chi connectivity index (χ1) is 14.8. The number of benzene rings is 2. The molecule has 0 aliphatic carbocycles. The molecule has 2 amide bonds. The molecule has 0 saturated heterocycles. The van der Waals surface area contributed by atoms with Crippen molar-refractivity contribution in [3.63, 3.8) is 0 Å². The van der Waals surface area contributed by atoms with Gasteiger partial charge in [0.2, 0.25) is 5.91 Å². The van der Waals surface area contributed by atoms with Crippen molar-refractivity contribution < 1.29 is 28.7 Å². The summed E-state index contributed by atoms with van der Waals surface area (Å²) in [7, 11) is 1.29. The van der Waals surface area contributed by atoms with E-state index in [1.807, 2.05) is 13.0 Å². The first-order valence-electron chi connectivity index (χ1n) is 9.48. The Hall–Kier alpha value is -3.20. The minimum Gasteiger partial charge on any atom is -0.465 e. The first-order valence-corrected chi connectivity index (χ1v) is 10.3. The van der Waals surface area contributed by atoms with Gasteiger partial charge in [-0.05, 0) is 61.4 Å². The van der Waals surface area contributed by atoms with Crippen LogP contribution in [0.2, 0.25) is 0 Å². The lowest BCUT2D eigenvalue weighted by atomic mass is 10.2. The molecule has 164 valence electrons. The Bertz CT molecular complexity index is 959. The molecular formula is C22H23BrN2O6. The number of carbonyl (C=O) groups excluding carboxylic acids is 4. The van der Waals surface area contributed by atoms with Crippen LogP contribution < -0.4 is 10.6 Å². The van der Waals surface area contributed by atoms with Gasteiger partial charge >= 0.3 is 11.9 Å². The topological polar surface area (TPSA) is 111 Å². The van der Waals surface area contributed by atoms with E-state index < -0.39 is 24.5 Å². The summed E-state index contributed by atoms with van der Waals surface area (Å²) in [5.41, 5.74) is 2.42. The molecule has 2 N–H and O–H groups in total. The Morgan fingerprint density at radius 1 is 0.935 bits per heavy atom. The number of methoxy groups -OCH3 is 1. The van der Waals surface area contributed by atoms with Gasteiger partial charge in [-0.3, -0.25) is 14.4 Å². The highest BCUT2D eigenvalue weighted by Gasteiger charge is 2.11. The summed E-state index contributed by atoms with van der Waals surface area (Å²) in [6.45, 7) is 1.46. The standard InChI is InChI=1S/C22H23BrN2O6/c1-14-12-16(23)8-11-18(14)25-20(27)13-31-21(28)5-3-4-19(26)24-17-9-6-15(7-10-17)22(29)30-2/h6-12H,3-5,13H2,1-2H3,(H,24,26)(H,25,27). The second-order valence-electron chi connectivity index (χ2n) is 6.64. The van der Waals surface area contributed by atoms with E-state index in [1.165, 1.54) is 7.11 Å². The average Bonchev–Trinajstić information content (AvgIpc) is 2.74. The van der Waals surface area contributed by atoms with E-state index in [2.05, 4.69) is 31.3 Å². The molecule has 0 atom stereocenters. The summed E-state index contributed by atoms with van der Waals surface area (Å²) in [6.07, 6.45) is 0.399. The highest BCUT2D eigenvalue weighted by molar-refractivity contribution is 9.10. The van der Waals surface area contributed by atoms with Gasteiger partial charge in [0.15, 0.2) is 6.61 Å². The van der Waals surface area contributed by atoms with Gasteiger partial charge in [0.25, 0.3) is 5.91 Å². The Balaban J connectivity index is 1.66. The van der Waals surface area contributed by atoms with Crippen molar-refractivity contribution in [1.29, 1.82) is 0 Å². The molecule has 2 aromatic carbocycles. The molecule has 0 spiro atoms. The summed E-state index contributed by atoms with van der Waals surface area (Å²) < 4.78 is 10.5. The number of aryl methyl sites for hydroxylation is 1. The Labute approximate surface area is 188 Å². The number of anilines is 2. The van der Waals surface area contributed by atoms with Crippen molar-refractivity contribution in [2.45, 2.75) is 26.2 Å². The maximum absolute atomic E-state index is 12.0. The molecule has 0 bridgehead atoms. The molecule has 0 heterocycles. The van der Waals surface area contributed by atoms with Crippen molar-refractivity contribution in [2.75, 3.05) is 24.4 Å². The van der Waals surface area contributed by atoms with E-state index in [0.29, 0.717) is 16.9 Å². The van der Waals surface area contributed by atoms with Crippen molar-refractivity contribution >= 4 is 51.1 Å². The third-order valence-corrected chi connectivity index (χ3v) is 4.69. The predicted octanol–water partition coefficient (Wildman–Crippen LogP) is 3.83. The number of nitrogens with one attached hydrogen (secondary N) is 2. The largest absolute Gasteiger partial charge is 0.465 e.